The molecule has 1 saturated heterocycles. The lowest BCUT2D eigenvalue weighted by Gasteiger charge is -2.64. The molecule has 2 atom stereocenters. The van der Waals surface area contributed by atoms with Crippen LogP contribution in [0.5, 0.6) is 0 Å². The summed E-state index contributed by atoms with van der Waals surface area (Å²) in [7, 11) is 1.93. The molecular weight excluding hydrogens is 174 g/mol. The van der Waals surface area contributed by atoms with Gasteiger partial charge in [-0.1, -0.05) is 11.1 Å². The van der Waals surface area contributed by atoms with Gasteiger partial charge in [-0.05, 0) is 40.5 Å². The van der Waals surface area contributed by atoms with Crippen LogP contribution in [0.1, 0.15) is 40.5 Å². The van der Waals surface area contributed by atoms with E-state index in [4.69, 9.17) is 0 Å². The summed E-state index contributed by atoms with van der Waals surface area (Å²) in [5.74, 6) is 0.312. The lowest BCUT2D eigenvalue weighted by atomic mass is 9.54. The topological polar surface area (TPSA) is 20.3 Å². The summed E-state index contributed by atoms with van der Waals surface area (Å²) in [5.41, 5.74) is 2.80. The van der Waals surface area contributed by atoms with Crippen molar-refractivity contribution in [1.29, 1.82) is 0 Å². The predicted octanol–water partition coefficient (Wildman–Crippen LogP) is 2.35. The normalized spacial score (nSPS) is 42.4. The van der Waals surface area contributed by atoms with Crippen molar-refractivity contribution in [3.8, 4) is 0 Å². The van der Waals surface area contributed by atoms with Crippen molar-refractivity contribution in [3.05, 3.63) is 11.1 Å². The van der Waals surface area contributed by atoms with Gasteiger partial charge in [-0.3, -0.25) is 4.79 Å². The second kappa shape index (κ2) is 2.41. The number of likely N-dealkylation sites (tertiary alicyclic amines) is 1. The SMILES string of the molecule is CC1=C(C)C[C@@]2(C)N(C)C(=O)[C@]2(C)C1. The summed E-state index contributed by atoms with van der Waals surface area (Å²) >= 11 is 0. The molecule has 1 aliphatic heterocycles. The Balaban J connectivity index is 2.45. The van der Waals surface area contributed by atoms with Crippen LogP contribution in [0.3, 0.4) is 0 Å². The van der Waals surface area contributed by atoms with E-state index in [-0.39, 0.29) is 11.0 Å². The van der Waals surface area contributed by atoms with Gasteiger partial charge in [0.2, 0.25) is 5.91 Å². The molecule has 0 spiro atoms. The highest BCUT2D eigenvalue weighted by molar-refractivity contribution is 5.92. The Kier molecular flexibility index (Phi) is 1.68. The molecule has 2 nitrogen and oxygen atoms in total. The van der Waals surface area contributed by atoms with Crippen LogP contribution >= 0.6 is 0 Å². The van der Waals surface area contributed by atoms with E-state index in [1.165, 1.54) is 11.1 Å². The fourth-order valence-corrected chi connectivity index (χ4v) is 3.07. The zero-order valence-electron chi connectivity index (χ0n) is 9.77. The van der Waals surface area contributed by atoms with Gasteiger partial charge in [0.05, 0.1) is 11.0 Å². The van der Waals surface area contributed by atoms with Gasteiger partial charge >= 0.3 is 0 Å². The summed E-state index contributed by atoms with van der Waals surface area (Å²) in [6.45, 7) is 8.68. The Hall–Kier alpha value is -0.790. The van der Waals surface area contributed by atoms with Crippen LogP contribution in [0.2, 0.25) is 0 Å². The molecule has 14 heavy (non-hydrogen) atoms. The summed E-state index contributed by atoms with van der Waals surface area (Å²) in [4.78, 5) is 13.8. The first-order chi connectivity index (χ1) is 6.33. The van der Waals surface area contributed by atoms with Crippen molar-refractivity contribution in [3.63, 3.8) is 0 Å². The number of amides is 1. The van der Waals surface area contributed by atoms with E-state index in [2.05, 4.69) is 27.7 Å². The highest BCUT2D eigenvalue weighted by Gasteiger charge is 2.65. The van der Waals surface area contributed by atoms with Gasteiger partial charge in [0.25, 0.3) is 0 Å². The van der Waals surface area contributed by atoms with Crippen LogP contribution in [-0.2, 0) is 4.79 Å². The van der Waals surface area contributed by atoms with Gasteiger partial charge in [-0.25, -0.2) is 0 Å². The molecule has 0 aromatic carbocycles. The quantitative estimate of drug-likeness (QED) is 0.427. The third-order valence-corrected chi connectivity index (χ3v) is 4.66. The monoisotopic (exact) mass is 193 g/mol. The number of rotatable bonds is 0. The average Bonchev–Trinajstić information content (AvgIpc) is 2.13. The van der Waals surface area contributed by atoms with Gasteiger partial charge < -0.3 is 4.90 Å². The highest BCUT2D eigenvalue weighted by Crippen LogP contribution is 2.57. The Morgan fingerprint density at radius 2 is 1.64 bits per heavy atom. The molecule has 0 saturated carbocycles. The third-order valence-electron chi connectivity index (χ3n) is 4.66. The Labute approximate surface area is 86.0 Å². The molecule has 1 heterocycles. The van der Waals surface area contributed by atoms with Crippen LogP contribution in [-0.4, -0.2) is 23.4 Å². The number of allylic oxidation sites excluding steroid dienone is 1. The molecule has 78 valence electrons. The van der Waals surface area contributed by atoms with Crippen LogP contribution in [0, 0.1) is 5.41 Å². The van der Waals surface area contributed by atoms with Crippen molar-refractivity contribution in [2.24, 2.45) is 5.41 Å². The molecule has 0 N–H and O–H groups in total. The highest BCUT2D eigenvalue weighted by atomic mass is 16.2. The number of carbonyl (C=O) groups is 1. The molecule has 0 unspecified atom stereocenters. The van der Waals surface area contributed by atoms with Crippen molar-refractivity contribution in [1.82, 2.24) is 4.90 Å². The smallest absolute Gasteiger partial charge is 0.231 e. The molecule has 2 heteroatoms. The largest absolute Gasteiger partial charge is 0.338 e. The fraction of sp³-hybridized carbons (Fsp3) is 0.750. The van der Waals surface area contributed by atoms with E-state index in [0.717, 1.165) is 12.8 Å². The second-order valence-corrected chi connectivity index (χ2v) is 5.38. The van der Waals surface area contributed by atoms with Gasteiger partial charge in [0.1, 0.15) is 0 Å². The zero-order chi connectivity index (χ0) is 10.7. The Bertz CT molecular complexity index is 344. The Morgan fingerprint density at radius 1 is 1.14 bits per heavy atom. The standard InChI is InChI=1S/C12H19NO/c1-8-6-11(3)10(14)13(5)12(11,4)7-9(8)2/h6-7H2,1-5H3/t11-,12+/m0/s1. The first kappa shape index (κ1) is 9.75. The van der Waals surface area contributed by atoms with E-state index < -0.39 is 0 Å². The second-order valence-electron chi connectivity index (χ2n) is 5.38. The zero-order valence-corrected chi connectivity index (χ0v) is 9.77. The lowest BCUT2D eigenvalue weighted by Crippen LogP contribution is -2.75. The number of carbonyl (C=O) groups excluding carboxylic acids is 1. The van der Waals surface area contributed by atoms with Crippen LogP contribution in [0.25, 0.3) is 0 Å². The molecule has 0 bridgehead atoms. The Morgan fingerprint density at radius 3 is 2.21 bits per heavy atom. The van der Waals surface area contributed by atoms with Crippen molar-refractivity contribution >= 4 is 5.91 Å². The number of hydrogen-bond acceptors (Lipinski definition) is 1. The minimum atomic E-state index is -0.134. The number of β-lactam (4-membered cyclic amide) rings is 1. The molecule has 0 aromatic rings. The molecule has 0 aromatic heterocycles. The first-order valence-corrected chi connectivity index (χ1v) is 5.26. The van der Waals surface area contributed by atoms with Crippen molar-refractivity contribution in [2.75, 3.05) is 7.05 Å². The van der Waals surface area contributed by atoms with Crippen LogP contribution < -0.4 is 0 Å². The molecule has 1 fully saturated rings. The van der Waals surface area contributed by atoms with E-state index >= 15 is 0 Å². The van der Waals surface area contributed by atoms with E-state index in [0.29, 0.717) is 5.91 Å². The maximum Gasteiger partial charge on any atom is 0.231 e. The van der Waals surface area contributed by atoms with Crippen LogP contribution in [0.15, 0.2) is 11.1 Å². The van der Waals surface area contributed by atoms with Gasteiger partial charge in [-0.2, -0.15) is 0 Å². The molecular formula is C12H19NO. The minimum absolute atomic E-state index is 0.0632. The molecule has 1 amide bonds. The fourth-order valence-electron chi connectivity index (χ4n) is 3.07. The molecule has 1 aliphatic carbocycles. The molecule has 2 rings (SSSR count). The van der Waals surface area contributed by atoms with Crippen molar-refractivity contribution in [2.45, 2.75) is 46.1 Å². The average molecular weight is 193 g/mol. The predicted molar refractivity (Wildman–Crippen MR) is 56.9 cm³/mol. The van der Waals surface area contributed by atoms with Crippen LogP contribution in [0.4, 0.5) is 0 Å². The van der Waals surface area contributed by atoms with E-state index in [9.17, 15) is 4.79 Å². The third kappa shape index (κ3) is 0.800. The first-order valence-electron chi connectivity index (χ1n) is 5.26. The summed E-state index contributed by atoms with van der Waals surface area (Å²) < 4.78 is 0. The molecule has 2 aliphatic rings. The lowest BCUT2D eigenvalue weighted by molar-refractivity contribution is -0.185. The number of hydrogen-bond donors (Lipinski definition) is 0. The number of nitrogens with zero attached hydrogens (tertiary/aromatic N) is 1. The summed E-state index contributed by atoms with van der Waals surface area (Å²) in [5, 5.41) is 0. The summed E-state index contributed by atoms with van der Waals surface area (Å²) in [6.07, 6.45) is 1.98. The molecule has 0 radical (unpaired) electrons. The van der Waals surface area contributed by atoms with Gasteiger partial charge in [0.15, 0.2) is 0 Å². The summed E-state index contributed by atoms with van der Waals surface area (Å²) in [6, 6.07) is 0. The maximum atomic E-state index is 11.9. The number of fused-ring (bicyclic) bond motifs is 1. The van der Waals surface area contributed by atoms with E-state index in [1.807, 2.05) is 11.9 Å². The van der Waals surface area contributed by atoms with Gasteiger partial charge in [-0.15, -0.1) is 0 Å². The van der Waals surface area contributed by atoms with Gasteiger partial charge in [0, 0.05) is 7.05 Å². The maximum absolute atomic E-state index is 11.9. The van der Waals surface area contributed by atoms with E-state index in [1.54, 1.807) is 0 Å². The minimum Gasteiger partial charge on any atom is -0.338 e. The van der Waals surface area contributed by atoms with Crippen molar-refractivity contribution < 1.29 is 4.79 Å².